The number of carbonyl (C=O) groups excluding carboxylic acids is 1. The van der Waals surface area contributed by atoms with Gasteiger partial charge in [0.1, 0.15) is 11.0 Å². The number of furan rings is 1. The molecule has 0 aliphatic carbocycles. The van der Waals surface area contributed by atoms with E-state index in [1.807, 2.05) is 42.5 Å². The van der Waals surface area contributed by atoms with Crippen molar-refractivity contribution >= 4 is 44.5 Å². The minimum Gasteiger partial charge on any atom is -0.467 e. The third kappa shape index (κ3) is 4.60. The summed E-state index contributed by atoms with van der Waals surface area (Å²) in [5.74, 6) is 0.557. The number of nitrogens with zero attached hydrogens (tertiary/aromatic N) is 3. The second-order valence-electron chi connectivity index (χ2n) is 7.17. The second-order valence-corrected chi connectivity index (χ2v) is 9.16. The number of rotatable bonds is 6. The van der Waals surface area contributed by atoms with Gasteiger partial charge in [-0.1, -0.05) is 58.0 Å². The van der Waals surface area contributed by atoms with E-state index >= 15 is 0 Å². The van der Waals surface area contributed by atoms with Crippen molar-refractivity contribution in [2.75, 3.05) is 14.1 Å². The van der Waals surface area contributed by atoms with Crippen LogP contribution < -0.4 is 5.56 Å². The lowest BCUT2D eigenvalue weighted by Gasteiger charge is -2.22. The lowest BCUT2D eigenvalue weighted by atomic mass is 10.1. The van der Waals surface area contributed by atoms with E-state index in [1.165, 1.54) is 11.8 Å². The fourth-order valence-corrected chi connectivity index (χ4v) is 4.79. The second kappa shape index (κ2) is 9.11. The molecule has 31 heavy (non-hydrogen) atoms. The zero-order valence-corrected chi connectivity index (χ0v) is 19.4. The largest absolute Gasteiger partial charge is 0.467 e. The smallest absolute Gasteiger partial charge is 0.262 e. The van der Waals surface area contributed by atoms with Crippen molar-refractivity contribution < 1.29 is 9.21 Å². The highest BCUT2D eigenvalue weighted by atomic mass is 79.9. The van der Waals surface area contributed by atoms with Gasteiger partial charge in [0.05, 0.1) is 23.7 Å². The summed E-state index contributed by atoms with van der Waals surface area (Å²) in [7, 11) is 3.44. The molecule has 0 unspecified atom stereocenters. The van der Waals surface area contributed by atoms with Crippen LogP contribution in [-0.4, -0.2) is 34.5 Å². The Labute approximate surface area is 192 Å². The van der Waals surface area contributed by atoms with E-state index in [0.29, 0.717) is 21.8 Å². The molecule has 4 aromatic rings. The first-order valence-corrected chi connectivity index (χ1v) is 11.3. The Hall–Kier alpha value is -2.84. The molecule has 2 heterocycles. The Morgan fingerprint density at radius 3 is 2.61 bits per heavy atom. The Kier molecular flexibility index (Phi) is 6.29. The van der Waals surface area contributed by atoms with Gasteiger partial charge in [0.2, 0.25) is 5.91 Å². The Morgan fingerprint density at radius 2 is 1.94 bits per heavy atom. The molecule has 0 aliphatic heterocycles. The first-order chi connectivity index (χ1) is 14.9. The zero-order valence-electron chi connectivity index (χ0n) is 17.0. The summed E-state index contributed by atoms with van der Waals surface area (Å²) in [6, 6.07) is 18.5. The van der Waals surface area contributed by atoms with Crippen LogP contribution in [0.3, 0.4) is 0 Å². The van der Waals surface area contributed by atoms with Crippen molar-refractivity contribution in [2.45, 2.75) is 17.0 Å². The third-order valence-electron chi connectivity index (χ3n) is 4.77. The predicted molar refractivity (Wildman–Crippen MR) is 125 cm³/mol. The Balaban J connectivity index is 1.87. The first-order valence-electron chi connectivity index (χ1n) is 9.59. The van der Waals surface area contributed by atoms with Crippen molar-refractivity contribution in [3.8, 4) is 0 Å². The quantitative estimate of drug-likeness (QED) is 0.284. The monoisotopic (exact) mass is 497 g/mol. The number of aromatic nitrogens is 2. The Morgan fingerprint density at radius 1 is 1.16 bits per heavy atom. The molecular formula is C23H20BrN3O3S. The number of fused-ring (bicyclic) bond motifs is 1. The van der Waals surface area contributed by atoms with Crippen LogP contribution >= 0.6 is 27.7 Å². The summed E-state index contributed by atoms with van der Waals surface area (Å²) in [6.07, 6.45) is 1.57. The van der Waals surface area contributed by atoms with Gasteiger partial charge in [0, 0.05) is 18.6 Å². The number of carbonyl (C=O) groups is 1. The van der Waals surface area contributed by atoms with Gasteiger partial charge in [0.25, 0.3) is 5.56 Å². The molecule has 158 valence electrons. The highest BCUT2D eigenvalue weighted by Gasteiger charge is 2.26. The molecule has 0 saturated heterocycles. The van der Waals surface area contributed by atoms with Crippen LogP contribution in [0.1, 0.15) is 16.6 Å². The predicted octanol–water partition coefficient (Wildman–Crippen LogP) is 4.72. The average Bonchev–Trinajstić information content (AvgIpc) is 3.28. The summed E-state index contributed by atoms with van der Waals surface area (Å²) < 4.78 is 7.84. The van der Waals surface area contributed by atoms with Gasteiger partial charge in [-0.25, -0.2) is 4.98 Å². The average molecular weight is 498 g/mol. The molecule has 1 atom stereocenters. The van der Waals surface area contributed by atoms with Gasteiger partial charge in [-0.3, -0.25) is 14.2 Å². The van der Waals surface area contributed by atoms with Gasteiger partial charge < -0.3 is 9.32 Å². The normalized spacial score (nSPS) is 12.1. The molecule has 0 spiro atoms. The van der Waals surface area contributed by atoms with Gasteiger partial charge in [-0.2, -0.15) is 0 Å². The summed E-state index contributed by atoms with van der Waals surface area (Å²) in [5, 5.41) is 0.416. The number of thioether (sulfide) groups is 1. The van der Waals surface area contributed by atoms with E-state index in [9.17, 15) is 9.59 Å². The molecular weight excluding hydrogens is 478 g/mol. The van der Waals surface area contributed by atoms with Crippen LogP contribution in [0.25, 0.3) is 10.9 Å². The van der Waals surface area contributed by atoms with E-state index in [0.717, 1.165) is 10.0 Å². The molecule has 6 nitrogen and oxygen atoms in total. The van der Waals surface area contributed by atoms with Crippen LogP contribution in [-0.2, 0) is 11.3 Å². The number of amides is 1. The molecule has 1 amide bonds. The fourth-order valence-electron chi connectivity index (χ4n) is 3.19. The first kappa shape index (κ1) is 21.4. The van der Waals surface area contributed by atoms with Gasteiger partial charge in [-0.15, -0.1) is 0 Å². The molecule has 2 aromatic heterocycles. The summed E-state index contributed by atoms with van der Waals surface area (Å²) >= 11 is 4.69. The van der Waals surface area contributed by atoms with Crippen molar-refractivity contribution in [1.29, 1.82) is 0 Å². The Bertz CT molecular complexity index is 1270. The highest BCUT2D eigenvalue weighted by Crippen LogP contribution is 2.36. The molecule has 8 heteroatoms. The maximum atomic E-state index is 13.4. The lowest BCUT2D eigenvalue weighted by molar-refractivity contribution is -0.128. The topological polar surface area (TPSA) is 68.3 Å². The molecule has 0 saturated carbocycles. The molecule has 0 fully saturated rings. The molecule has 4 rings (SSSR count). The molecule has 0 aliphatic rings. The molecule has 2 aromatic carbocycles. The minimum absolute atomic E-state index is 0.0779. The fraction of sp³-hybridized carbons (Fsp3) is 0.174. The van der Waals surface area contributed by atoms with Crippen LogP contribution in [0.2, 0.25) is 0 Å². The van der Waals surface area contributed by atoms with Crippen LogP contribution in [0.5, 0.6) is 0 Å². The van der Waals surface area contributed by atoms with Crippen molar-refractivity contribution in [2.24, 2.45) is 0 Å². The summed E-state index contributed by atoms with van der Waals surface area (Å²) in [4.78, 5) is 32.7. The van der Waals surface area contributed by atoms with E-state index in [-0.39, 0.29) is 18.0 Å². The highest BCUT2D eigenvalue weighted by molar-refractivity contribution is 9.10. The standard InChI is InChI=1S/C23H20BrN3O3S/c1-26(2)22(29)20(15-7-4-3-5-8-15)31-23-25-19-11-10-16(24)13-18(19)21(28)27(23)14-17-9-6-12-30-17/h3-13,20H,14H2,1-2H3/t20-/m0/s1. The van der Waals surface area contributed by atoms with Crippen molar-refractivity contribution in [3.05, 3.63) is 93.1 Å². The maximum absolute atomic E-state index is 13.4. The lowest BCUT2D eigenvalue weighted by Crippen LogP contribution is -2.28. The minimum atomic E-state index is -0.543. The van der Waals surface area contributed by atoms with Crippen LogP contribution in [0, 0.1) is 0 Å². The van der Waals surface area contributed by atoms with Gasteiger partial charge in [0.15, 0.2) is 5.16 Å². The number of halogens is 1. The third-order valence-corrected chi connectivity index (χ3v) is 6.49. The van der Waals surface area contributed by atoms with Crippen LogP contribution in [0.15, 0.2) is 85.8 Å². The zero-order chi connectivity index (χ0) is 22.0. The van der Waals surface area contributed by atoms with Gasteiger partial charge in [-0.05, 0) is 35.9 Å². The van der Waals surface area contributed by atoms with E-state index in [2.05, 4.69) is 15.9 Å². The molecule has 0 bridgehead atoms. The molecule has 0 N–H and O–H groups in total. The number of hydrogen-bond donors (Lipinski definition) is 0. The SMILES string of the molecule is CN(C)C(=O)[C@@H](Sc1nc2ccc(Br)cc2c(=O)n1Cc1ccco1)c1ccccc1. The molecule has 0 radical (unpaired) electrons. The summed E-state index contributed by atoms with van der Waals surface area (Å²) in [6.45, 7) is 0.223. The maximum Gasteiger partial charge on any atom is 0.262 e. The number of hydrogen-bond acceptors (Lipinski definition) is 5. The van der Waals surface area contributed by atoms with Crippen LogP contribution in [0.4, 0.5) is 0 Å². The number of benzene rings is 2. The summed E-state index contributed by atoms with van der Waals surface area (Å²) in [5.41, 5.74) is 1.24. The number of likely N-dealkylation sites (N-methyl/N-ethyl adjacent to an activating group) is 1. The van der Waals surface area contributed by atoms with Crippen molar-refractivity contribution in [1.82, 2.24) is 14.5 Å². The van der Waals surface area contributed by atoms with E-state index < -0.39 is 5.25 Å². The van der Waals surface area contributed by atoms with Gasteiger partial charge >= 0.3 is 0 Å². The van der Waals surface area contributed by atoms with E-state index in [1.54, 1.807) is 48.0 Å². The van der Waals surface area contributed by atoms with Crippen molar-refractivity contribution in [3.63, 3.8) is 0 Å². The van der Waals surface area contributed by atoms with E-state index in [4.69, 9.17) is 9.40 Å².